The SMILES string of the molecule is COC(=O)[C@@H](C)[C@H](C)n1c(=O)nc(Nc2ccc(OC(C)C)c(C)c2)n(Cc2ccc(Cl)cc2)c1=O. The molecule has 2 atom stereocenters. The number of carbonyl (C=O) groups excluding carboxylic acids is 1. The van der Waals surface area contributed by atoms with Gasteiger partial charge >= 0.3 is 17.3 Å². The van der Waals surface area contributed by atoms with Crippen LogP contribution in [0.5, 0.6) is 5.75 Å². The third-order valence-corrected chi connectivity index (χ3v) is 6.10. The first kappa shape index (κ1) is 27.0. The molecular formula is C26H31ClN4O5. The lowest BCUT2D eigenvalue weighted by Gasteiger charge is -2.22. The zero-order valence-corrected chi connectivity index (χ0v) is 22.0. The highest BCUT2D eigenvalue weighted by Gasteiger charge is 2.27. The molecule has 0 amide bonds. The summed E-state index contributed by atoms with van der Waals surface area (Å²) in [5.74, 6) is -0.449. The average Bonchev–Trinajstić information content (AvgIpc) is 2.83. The van der Waals surface area contributed by atoms with E-state index in [0.717, 1.165) is 21.4 Å². The summed E-state index contributed by atoms with van der Waals surface area (Å²) in [6.07, 6.45) is 0.0238. The number of carbonyl (C=O) groups is 1. The first-order valence-electron chi connectivity index (χ1n) is 11.6. The van der Waals surface area contributed by atoms with Gasteiger partial charge in [0, 0.05) is 10.7 Å². The number of rotatable bonds is 9. The van der Waals surface area contributed by atoms with Gasteiger partial charge in [-0.2, -0.15) is 4.98 Å². The van der Waals surface area contributed by atoms with E-state index in [1.165, 1.54) is 11.7 Å². The summed E-state index contributed by atoms with van der Waals surface area (Å²) >= 11 is 6.02. The summed E-state index contributed by atoms with van der Waals surface area (Å²) < 4.78 is 12.9. The van der Waals surface area contributed by atoms with Crippen LogP contribution in [0.3, 0.4) is 0 Å². The van der Waals surface area contributed by atoms with E-state index in [0.29, 0.717) is 10.7 Å². The molecular weight excluding hydrogens is 484 g/mol. The number of aryl methyl sites for hydroxylation is 1. The zero-order chi connectivity index (χ0) is 26.6. The highest BCUT2D eigenvalue weighted by atomic mass is 35.5. The van der Waals surface area contributed by atoms with Crippen LogP contribution in [0.1, 0.15) is 44.9 Å². The minimum Gasteiger partial charge on any atom is -0.491 e. The highest BCUT2D eigenvalue weighted by molar-refractivity contribution is 6.30. The van der Waals surface area contributed by atoms with E-state index in [1.807, 2.05) is 32.9 Å². The molecule has 1 N–H and O–H groups in total. The Kier molecular flexibility index (Phi) is 8.57. The number of methoxy groups -OCH3 is 1. The van der Waals surface area contributed by atoms with Gasteiger partial charge in [-0.3, -0.25) is 9.36 Å². The van der Waals surface area contributed by atoms with E-state index < -0.39 is 29.3 Å². The summed E-state index contributed by atoms with van der Waals surface area (Å²) in [7, 11) is 1.26. The topological polar surface area (TPSA) is 104 Å². The largest absolute Gasteiger partial charge is 0.491 e. The lowest BCUT2D eigenvalue weighted by atomic mass is 10.0. The highest BCUT2D eigenvalue weighted by Crippen LogP contribution is 2.25. The predicted octanol–water partition coefficient (Wildman–Crippen LogP) is 4.32. The molecule has 192 valence electrons. The van der Waals surface area contributed by atoms with E-state index in [4.69, 9.17) is 21.1 Å². The van der Waals surface area contributed by atoms with Crippen molar-refractivity contribution in [2.45, 2.75) is 53.3 Å². The van der Waals surface area contributed by atoms with Crippen molar-refractivity contribution in [3.63, 3.8) is 0 Å². The zero-order valence-electron chi connectivity index (χ0n) is 21.2. The fraction of sp³-hybridized carbons (Fsp3) is 0.385. The molecule has 10 heteroatoms. The van der Waals surface area contributed by atoms with E-state index in [2.05, 4.69) is 10.3 Å². The smallest absolute Gasteiger partial charge is 0.355 e. The molecule has 0 bridgehead atoms. The minimum absolute atomic E-state index is 0.0238. The van der Waals surface area contributed by atoms with Gasteiger partial charge in [-0.1, -0.05) is 23.7 Å². The Morgan fingerprint density at radius 2 is 1.75 bits per heavy atom. The first-order chi connectivity index (χ1) is 17.0. The number of hydrogen-bond acceptors (Lipinski definition) is 7. The van der Waals surface area contributed by atoms with Gasteiger partial charge in [0.25, 0.3) is 0 Å². The fourth-order valence-electron chi connectivity index (χ4n) is 3.71. The molecule has 0 aliphatic rings. The van der Waals surface area contributed by atoms with E-state index in [-0.39, 0.29) is 18.6 Å². The normalized spacial score (nSPS) is 12.8. The van der Waals surface area contributed by atoms with Crippen molar-refractivity contribution in [3.8, 4) is 5.75 Å². The Morgan fingerprint density at radius 1 is 1.08 bits per heavy atom. The quantitative estimate of drug-likeness (QED) is 0.424. The summed E-state index contributed by atoms with van der Waals surface area (Å²) in [5, 5.41) is 3.66. The molecule has 9 nitrogen and oxygen atoms in total. The number of esters is 1. The van der Waals surface area contributed by atoms with Crippen LogP contribution in [-0.4, -0.2) is 33.3 Å². The van der Waals surface area contributed by atoms with Crippen LogP contribution in [0.15, 0.2) is 52.1 Å². The molecule has 0 spiro atoms. The van der Waals surface area contributed by atoms with E-state index in [1.54, 1.807) is 44.2 Å². The molecule has 36 heavy (non-hydrogen) atoms. The monoisotopic (exact) mass is 514 g/mol. The van der Waals surface area contributed by atoms with Gasteiger partial charge in [-0.25, -0.2) is 14.2 Å². The minimum atomic E-state index is -0.773. The summed E-state index contributed by atoms with van der Waals surface area (Å²) in [6.45, 7) is 9.14. The van der Waals surface area contributed by atoms with Gasteiger partial charge in [0.2, 0.25) is 5.95 Å². The van der Waals surface area contributed by atoms with Gasteiger partial charge in [0.05, 0.1) is 31.7 Å². The Labute approximate surface area is 214 Å². The first-order valence-corrected chi connectivity index (χ1v) is 12.0. The number of ether oxygens (including phenoxy) is 2. The maximum atomic E-state index is 13.6. The van der Waals surface area contributed by atoms with Crippen molar-refractivity contribution in [1.29, 1.82) is 0 Å². The standard InChI is InChI=1S/C26H31ClN4O5/c1-15(2)36-22-12-11-21(13-16(22)3)28-24-29-25(33)31(18(5)17(4)23(32)35-6)26(34)30(24)14-19-7-9-20(27)10-8-19/h7-13,15,17-18H,14H2,1-6H3,(H,28,29,33)/t17-,18-/m0/s1. The van der Waals surface area contributed by atoms with Gasteiger partial charge < -0.3 is 14.8 Å². The second-order valence-corrected chi connectivity index (χ2v) is 9.34. The van der Waals surface area contributed by atoms with Crippen molar-refractivity contribution < 1.29 is 14.3 Å². The van der Waals surface area contributed by atoms with E-state index >= 15 is 0 Å². The van der Waals surface area contributed by atoms with E-state index in [9.17, 15) is 14.4 Å². The number of anilines is 2. The van der Waals surface area contributed by atoms with Crippen LogP contribution in [0.2, 0.25) is 5.02 Å². The number of benzene rings is 2. The van der Waals surface area contributed by atoms with Crippen molar-refractivity contribution in [2.75, 3.05) is 12.4 Å². The number of aromatic nitrogens is 3. The second-order valence-electron chi connectivity index (χ2n) is 8.91. The Bertz CT molecular complexity index is 1350. The van der Waals surface area contributed by atoms with Gasteiger partial charge in [-0.15, -0.1) is 0 Å². The Balaban J connectivity index is 2.09. The maximum absolute atomic E-state index is 13.6. The van der Waals surface area contributed by atoms with Crippen molar-refractivity contribution in [2.24, 2.45) is 5.92 Å². The van der Waals surface area contributed by atoms with Crippen molar-refractivity contribution in [3.05, 3.63) is 79.6 Å². The molecule has 0 saturated carbocycles. The second kappa shape index (κ2) is 11.4. The third-order valence-electron chi connectivity index (χ3n) is 5.85. The molecule has 0 aliphatic heterocycles. The summed E-state index contributed by atoms with van der Waals surface area (Å²) in [4.78, 5) is 42.9. The lowest BCUT2D eigenvalue weighted by molar-refractivity contribution is -0.146. The Morgan fingerprint density at radius 3 is 2.33 bits per heavy atom. The molecule has 1 heterocycles. The van der Waals surface area contributed by atoms with Crippen LogP contribution in [0, 0.1) is 12.8 Å². The van der Waals surface area contributed by atoms with Crippen LogP contribution in [0.25, 0.3) is 0 Å². The number of hydrogen-bond donors (Lipinski definition) is 1. The van der Waals surface area contributed by atoms with Crippen molar-refractivity contribution >= 4 is 29.2 Å². The van der Waals surface area contributed by atoms with Crippen LogP contribution < -0.4 is 21.4 Å². The maximum Gasteiger partial charge on any atom is 0.355 e. The fourth-order valence-corrected chi connectivity index (χ4v) is 3.84. The van der Waals surface area contributed by atoms with Crippen LogP contribution in [0.4, 0.5) is 11.6 Å². The summed E-state index contributed by atoms with van der Waals surface area (Å²) in [5.41, 5.74) is 0.923. The predicted molar refractivity (Wildman–Crippen MR) is 139 cm³/mol. The number of halogens is 1. The molecule has 0 radical (unpaired) electrons. The number of nitrogens with zero attached hydrogens (tertiary/aromatic N) is 3. The van der Waals surface area contributed by atoms with Crippen LogP contribution >= 0.6 is 11.6 Å². The molecule has 0 fully saturated rings. The molecule has 0 unspecified atom stereocenters. The Hall–Kier alpha value is -3.59. The van der Waals surface area contributed by atoms with Gasteiger partial charge in [0.15, 0.2) is 0 Å². The van der Waals surface area contributed by atoms with Gasteiger partial charge in [-0.05, 0) is 76.1 Å². The van der Waals surface area contributed by atoms with Crippen molar-refractivity contribution in [1.82, 2.24) is 14.1 Å². The van der Waals surface area contributed by atoms with Crippen LogP contribution in [-0.2, 0) is 16.1 Å². The number of nitrogens with one attached hydrogen (secondary N) is 1. The van der Waals surface area contributed by atoms with Gasteiger partial charge in [0.1, 0.15) is 5.75 Å². The summed E-state index contributed by atoms with van der Waals surface area (Å²) in [6, 6.07) is 11.7. The molecule has 0 saturated heterocycles. The molecule has 3 rings (SSSR count). The lowest BCUT2D eigenvalue weighted by Crippen LogP contribution is -2.46. The molecule has 2 aromatic carbocycles. The average molecular weight is 515 g/mol. The third kappa shape index (κ3) is 6.15. The molecule has 0 aliphatic carbocycles. The molecule has 3 aromatic rings. The molecule has 1 aromatic heterocycles.